The van der Waals surface area contributed by atoms with E-state index < -0.39 is 20.0 Å². The van der Waals surface area contributed by atoms with Crippen molar-refractivity contribution >= 4 is 13.7 Å². The lowest BCUT2D eigenvalue weighted by molar-refractivity contribution is -0.870. The number of carbonyl (C=O) groups excluding carboxylic acids is 1. The van der Waals surface area contributed by atoms with Gasteiger partial charge in [-0.3, -0.25) is 13.8 Å². The number of nitrogens with one attached hydrogen (secondary N) is 1. The number of hydrogen-bond acceptors (Lipinski definition) is 5. The lowest BCUT2D eigenvalue weighted by Crippen LogP contribution is -2.45. The van der Waals surface area contributed by atoms with E-state index in [2.05, 4.69) is 153 Å². The van der Waals surface area contributed by atoms with Gasteiger partial charge in [-0.2, -0.15) is 0 Å². The summed E-state index contributed by atoms with van der Waals surface area (Å²) in [6, 6.07) is -0.875. The fourth-order valence-electron chi connectivity index (χ4n) is 8.20. The molecule has 0 saturated carbocycles. The Balaban J connectivity index is 4.12. The molecule has 0 aromatic heterocycles. The summed E-state index contributed by atoms with van der Waals surface area (Å²) in [5.41, 5.74) is 0. The molecule has 0 aromatic carbocycles. The van der Waals surface area contributed by atoms with Gasteiger partial charge in [-0.05, 0) is 109 Å². The van der Waals surface area contributed by atoms with Gasteiger partial charge < -0.3 is 19.8 Å². The fourth-order valence-corrected chi connectivity index (χ4v) is 8.94. The van der Waals surface area contributed by atoms with Gasteiger partial charge in [-0.15, -0.1) is 0 Å². The molecule has 444 valence electrons. The highest BCUT2D eigenvalue weighted by molar-refractivity contribution is 7.47. The van der Waals surface area contributed by atoms with E-state index in [0.717, 1.165) is 109 Å². The number of allylic oxidation sites excluding steroid dienone is 23. The van der Waals surface area contributed by atoms with Gasteiger partial charge >= 0.3 is 7.82 Å². The van der Waals surface area contributed by atoms with Gasteiger partial charge in [0.1, 0.15) is 13.2 Å². The summed E-state index contributed by atoms with van der Waals surface area (Å²) in [7, 11) is 1.53. The Morgan fingerprint density at radius 2 is 0.782 bits per heavy atom. The second-order valence-corrected chi connectivity index (χ2v) is 23.1. The highest BCUT2D eigenvalue weighted by Gasteiger charge is 2.27. The van der Waals surface area contributed by atoms with Gasteiger partial charge in [0.2, 0.25) is 5.91 Å². The predicted octanol–water partition coefficient (Wildman–Crippen LogP) is 19.6. The highest BCUT2D eigenvalue weighted by atomic mass is 31.2. The summed E-state index contributed by atoms with van der Waals surface area (Å²) in [5, 5.41) is 13.9. The summed E-state index contributed by atoms with van der Waals surface area (Å²) in [6.45, 7) is 4.66. The number of aliphatic hydroxyl groups excluding tert-OH is 1. The smallest absolute Gasteiger partial charge is 0.387 e. The lowest BCUT2D eigenvalue weighted by atomic mass is 10.0. The van der Waals surface area contributed by atoms with Crippen LogP contribution in [0.5, 0.6) is 0 Å². The van der Waals surface area contributed by atoms with Gasteiger partial charge in [-0.1, -0.05) is 262 Å². The van der Waals surface area contributed by atoms with Gasteiger partial charge in [0.05, 0.1) is 39.9 Å². The maximum Gasteiger partial charge on any atom is 0.472 e. The van der Waals surface area contributed by atoms with E-state index in [1.165, 1.54) is 103 Å². The third kappa shape index (κ3) is 60.0. The molecular weight excluding hydrogens is 984 g/mol. The molecule has 3 atom stereocenters. The molecule has 0 aliphatic heterocycles. The molecule has 8 nitrogen and oxygen atoms in total. The Bertz CT molecular complexity index is 1780. The Labute approximate surface area is 480 Å². The summed E-state index contributed by atoms with van der Waals surface area (Å²) in [6.07, 6.45) is 89.7. The van der Waals surface area contributed by atoms with Crippen LogP contribution in [0, 0.1) is 0 Å². The van der Waals surface area contributed by atoms with E-state index in [-0.39, 0.29) is 19.1 Å². The second-order valence-electron chi connectivity index (χ2n) is 21.7. The van der Waals surface area contributed by atoms with Crippen molar-refractivity contribution in [2.45, 2.75) is 244 Å². The number of unbranched alkanes of at least 4 members (excludes halogenated alkanes) is 20. The van der Waals surface area contributed by atoms with Crippen LogP contribution in [0.4, 0.5) is 0 Å². The van der Waals surface area contributed by atoms with Gasteiger partial charge in [0.25, 0.3) is 0 Å². The van der Waals surface area contributed by atoms with Gasteiger partial charge in [0.15, 0.2) is 0 Å². The zero-order valence-corrected chi connectivity index (χ0v) is 51.5. The minimum Gasteiger partial charge on any atom is -0.387 e. The van der Waals surface area contributed by atoms with Gasteiger partial charge in [-0.25, -0.2) is 4.57 Å². The first kappa shape index (κ1) is 74.4. The highest BCUT2D eigenvalue weighted by Crippen LogP contribution is 2.43. The number of aliphatic hydroxyl groups is 1. The molecule has 0 aliphatic rings. The second kappa shape index (κ2) is 58.0. The Hall–Kier alpha value is -3.62. The maximum absolute atomic E-state index is 13.0. The van der Waals surface area contributed by atoms with Crippen molar-refractivity contribution in [2.75, 3.05) is 40.9 Å². The van der Waals surface area contributed by atoms with E-state index in [9.17, 15) is 19.4 Å². The normalized spacial score (nSPS) is 14.8. The molecule has 0 aliphatic carbocycles. The minimum atomic E-state index is -4.36. The van der Waals surface area contributed by atoms with E-state index >= 15 is 0 Å². The van der Waals surface area contributed by atoms with Crippen LogP contribution in [-0.4, -0.2) is 73.4 Å². The number of phosphoric acid groups is 1. The summed E-state index contributed by atoms with van der Waals surface area (Å²) >= 11 is 0. The molecule has 0 bridgehead atoms. The molecular formula is C69H118N2O6P+. The number of hydrogen-bond donors (Lipinski definition) is 3. The van der Waals surface area contributed by atoms with Crippen LogP contribution in [0.15, 0.2) is 146 Å². The molecule has 9 heteroatoms. The molecule has 0 heterocycles. The van der Waals surface area contributed by atoms with Crippen molar-refractivity contribution in [3.8, 4) is 0 Å². The van der Waals surface area contributed by atoms with Crippen LogP contribution in [0.1, 0.15) is 232 Å². The molecule has 0 aromatic rings. The molecule has 3 unspecified atom stereocenters. The summed E-state index contributed by atoms with van der Waals surface area (Å²) < 4.78 is 23.7. The van der Waals surface area contributed by atoms with Crippen LogP contribution in [0.25, 0.3) is 0 Å². The first-order valence-corrected chi connectivity index (χ1v) is 32.7. The van der Waals surface area contributed by atoms with Crippen molar-refractivity contribution in [1.29, 1.82) is 0 Å². The molecule has 0 spiro atoms. The fraction of sp³-hybridized carbons (Fsp3) is 0.638. The molecule has 1 amide bonds. The van der Waals surface area contributed by atoms with Crippen LogP contribution in [0.3, 0.4) is 0 Å². The van der Waals surface area contributed by atoms with Crippen LogP contribution >= 0.6 is 7.82 Å². The first-order chi connectivity index (χ1) is 38.0. The van der Waals surface area contributed by atoms with Crippen molar-refractivity contribution in [3.05, 3.63) is 146 Å². The number of phosphoric ester groups is 1. The number of quaternary nitrogens is 1. The number of amides is 1. The SMILES string of the molecule is CC/C=C\C/C=C\C/C=C\C/C=C\C/C=C\C/C=C\C/C=C\C/C=C\C/C=C\C/C=C\CCCCCCCCCCCCC(=O)NC(COP(=O)(O)OCC[N+](C)(C)C)C(O)/C=C/CC/C=C/CCCCCCCCCCC. The monoisotopic (exact) mass is 1100 g/mol. The zero-order chi connectivity index (χ0) is 57.0. The quantitative estimate of drug-likeness (QED) is 0.0243. The third-order valence-electron chi connectivity index (χ3n) is 13.0. The lowest BCUT2D eigenvalue weighted by Gasteiger charge is -2.25. The third-order valence-corrected chi connectivity index (χ3v) is 14.0. The molecule has 0 radical (unpaired) electrons. The Morgan fingerprint density at radius 3 is 1.18 bits per heavy atom. The minimum absolute atomic E-state index is 0.0488. The van der Waals surface area contributed by atoms with Crippen LogP contribution < -0.4 is 5.32 Å². The molecule has 78 heavy (non-hydrogen) atoms. The number of carbonyl (C=O) groups is 1. The van der Waals surface area contributed by atoms with Crippen molar-refractivity contribution in [2.24, 2.45) is 0 Å². The molecule has 3 N–H and O–H groups in total. The van der Waals surface area contributed by atoms with Crippen LogP contribution in [-0.2, 0) is 18.4 Å². The maximum atomic E-state index is 13.0. The Morgan fingerprint density at radius 1 is 0.449 bits per heavy atom. The zero-order valence-electron chi connectivity index (χ0n) is 50.6. The number of rotatable bonds is 55. The van der Waals surface area contributed by atoms with Gasteiger partial charge in [0, 0.05) is 6.42 Å². The number of likely N-dealkylation sites (N-methyl/N-ethyl adjacent to an activating group) is 1. The number of nitrogens with zero attached hydrogens (tertiary/aromatic N) is 1. The van der Waals surface area contributed by atoms with E-state index in [1.807, 2.05) is 27.2 Å². The van der Waals surface area contributed by atoms with E-state index in [0.29, 0.717) is 17.4 Å². The van der Waals surface area contributed by atoms with Crippen molar-refractivity contribution < 1.29 is 32.9 Å². The first-order valence-electron chi connectivity index (χ1n) is 31.2. The standard InChI is InChI=1S/C69H117N2O6P/c1-6-8-10-12-14-16-18-20-22-23-24-25-26-27-28-29-30-31-32-33-34-35-36-37-38-39-40-41-42-43-44-45-46-47-49-51-53-55-57-59-61-63-69(73)70-67(66-77-78(74,75)76-65-64-71(3,4)5)68(72)62-60-58-56-54-52-50-48-21-19-17-15-13-11-9-7-2/h8,10,14,16,20,22,24-25,27-28,30-31,33-34,36-37,39-40,42-43,52,54,60,62,67-68,72H,6-7,9,11-13,15,17-19,21,23,26,29,32,35,38,41,44-51,53,55-59,61,63-66H2,1-5H3,(H-,70,73,74,75)/p+1/b10-8-,16-14-,22-20-,25-24-,28-27-,31-30-,34-33-,37-36-,40-39-,43-42-,54-52+,62-60+. The predicted molar refractivity (Wildman–Crippen MR) is 341 cm³/mol. The summed E-state index contributed by atoms with van der Waals surface area (Å²) in [5.74, 6) is -0.197. The average molecular weight is 1100 g/mol. The topological polar surface area (TPSA) is 105 Å². The Kier molecular flexibility index (Phi) is 55.4. The largest absolute Gasteiger partial charge is 0.472 e. The van der Waals surface area contributed by atoms with Crippen molar-refractivity contribution in [3.63, 3.8) is 0 Å². The van der Waals surface area contributed by atoms with E-state index in [1.54, 1.807) is 6.08 Å². The van der Waals surface area contributed by atoms with E-state index in [4.69, 9.17) is 9.05 Å². The van der Waals surface area contributed by atoms with Crippen LogP contribution in [0.2, 0.25) is 0 Å². The average Bonchev–Trinajstić information content (AvgIpc) is 3.41. The molecule has 0 saturated heterocycles. The molecule has 0 rings (SSSR count). The van der Waals surface area contributed by atoms with Crippen molar-refractivity contribution in [1.82, 2.24) is 5.32 Å². The summed E-state index contributed by atoms with van der Waals surface area (Å²) in [4.78, 5) is 23.3. The molecule has 0 fully saturated rings.